The molecule has 0 atom stereocenters. The normalized spacial score (nSPS) is 10.7. The van der Waals surface area contributed by atoms with Crippen LogP contribution in [0, 0.1) is 0 Å². The monoisotopic (exact) mass is 306 g/mol. The van der Waals surface area contributed by atoms with Gasteiger partial charge in [-0.05, 0) is 32.1 Å². The lowest BCUT2D eigenvalue weighted by Crippen LogP contribution is -1.93. The summed E-state index contributed by atoms with van der Waals surface area (Å²) in [6, 6.07) is 0. The predicted molar refractivity (Wildman–Crippen MR) is 92.8 cm³/mol. The number of aliphatic carboxylic acids is 1. The van der Waals surface area contributed by atoms with Crippen LogP contribution in [-0.2, 0) is 4.79 Å². The lowest BCUT2D eigenvalue weighted by atomic mass is 10.1. The molecule has 0 heterocycles. The fourth-order valence-electron chi connectivity index (χ4n) is 2.35. The van der Waals surface area contributed by atoms with Crippen molar-refractivity contribution < 1.29 is 9.90 Å². The second-order valence-electron chi connectivity index (χ2n) is 5.73. The molecule has 0 aromatic carbocycles. The number of carboxylic acids is 1. The summed E-state index contributed by atoms with van der Waals surface area (Å²) in [5.74, 6) is -0.664. The molecule has 0 amide bonds. The number of hydrogen-bond acceptors (Lipinski definition) is 1. The Morgan fingerprint density at radius 1 is 0.762 bits per heavy atom. The van der Waals surface area contributed by atoms with Gasteiger partial charge >= 0.3 is 5.97 Å². The Balaban J connectivity index is 0. The molecule has 0 rings (SSSR count). The lowest BCUT2D eigenvalue weighted by molar-refractivity contribution is -0.137. The van der Waals surface area contributed by atoms with E-state index in [9.17, 15) is 4.79 Å². The van der Waals surface area contributed by atoms with E-state index in [2.05, 4.69) is 19.1 Å². The van der Waals surface area contributed by atoms with Gasteiger partial charge in [-0.25, -0.2) is 0 Å². The van der Waals surface area contributed by atoms with Crippen LogP contribution in [0.15, 0.2) is 12.2 Å². The van der Waals surface area contributed by atoms with Crippen LogP contribution in [-0.4, -0.2) is 34.1 Å². The molecule has 0 aliphatic carbocycles. The maximum absolute atomic E-state index is 10.3. The van der Waals surface area contributed by atoms with Crippen molar-refractivity contribution >= 4 is 29.0 Å². The topological polar surface area (TPSA) is 37.3 Å². The van der Waals surface area contributed by atoms with Gasteiger partial charge in [-0.3, -0.25) is 4.79 Å². The number of unbranched alkanes of at least 4 members (excludes halogenated alkanes) is 11. The summed E-state index contributed by atoms with van der Waals surface area (Å²) in [5.41, 5.74) is 0. The average molecular weight is 307 g/mol. The maximum atomic E-state index is 10.3. The number of carboxylic acid groups (broad SMARTS) is 1. The highest BCUT2D eigenvalue weighted by atomic mass is 24.3. The third-order valence-electron chi connectivity index (χ3n) is 3.65. The summed E-state index contributed by atoms with van der Waals surface area (Å²) in [6.45, 7) is 2.26. The molecule has 0 aromatic rings. The molecule has 0 spiro atoms. The Bertz CT molecular complexity index is 239. The molecule has 0 fully saturated rings. The van der Waals surface area contributed by atoms with Gasteiger partial charge in [0.2, 0.25) is 0 Å². The molecule has 0 aromatic heterocycles. The van der Waals surface area contributed by atoms with E-state index in [0.717, 1.165) is 12.8 Å². The van der Waals surface area contributed by atoms with Crippen molar-refractivity contribution in [3.63, 3.8) is 0 Å². The van der Waals surface area contributed by atoms with Gasteiger partial charge in [0.25, 0.3) is 0 Å². The Morgan fingerprint density at radius 2 is 1.19 bits per heavy atom. The fourth-order valence-corrected chi connectivity index (χ4v) is 2.35. The maximum Gasteiger partial charge on any atom is 0.303 e. The second-order valence-corrected chi connectivity index (χ2v) is 5.73. The summed E-state index contributed by atoms with van der Waals surface area (Å²) in [4.78, 5) is 10.3. The number of hydrogen-bond donors (Lipinski definition) is 1. The van der Waals surface area contributed by atoms with Gasteiger partial charge < -0.3 is 5.11 Å². The van der Waals surface area contributed by atoms with E-state index in [1.807, 2.05) is 0 Å². The van der Waals surface area contributed by atoms with Crippen molar-refractivity contribution in [1.82, 2.24) is 0 Å². The second kappa shape index (κ2) is 20.0. The minimum absolute atomic E-state index is 0. The first-order valence-corrected chi connectivity index (χ1v) is 8.64. The van der Waals surface area contributed by atoms with Crippen molar-refractivity contribution in [2.45, 2.75) is 96.8 Å². The van der Waals surface area contributed by atoms with E-state index < -0.39 is 5.97 Å². The van der Waals surface area contributed by atoms with E-state index >= 15 is 0 Å². The van der Waals surface area contributed by atoms with Crippen LogP contribution >= 0.6 is 0 Å². The molecule has 21 heavy (non-hydrogen) atoms. The van der Waals surface area contributed by atoms with Gasteiger partial charge in [-0.2, -0.15) is 0 Å². The quantitative estimate of drug-likeness (QED) is 0.238. The third-order valence-corrected chi connectivity index (χ3v) is 3.65. The van der Waals surface area contributed by atoms with Gasteiger partial charge in [0.1, 0.15) is 0 Å². The zero-order valence-corrected chi connectivity index (χ0v) is 15.5. The van der Waals surface area contributed by atoms with Crippen LogP contribution in [0.3, 0.4) is 0 Å². The van der Waals surface area contributed by atoms with E-state index in [0.29, 0.717) is 6.42 Å². The predicted octanol–water partition coefficient (Wildman–Crippen LogP) is 5.73. The van der Waals surface area contributed by atoms with E-state index in [1.165, 1.54) is 70.6 Å². The molecule has 0 aliphatic heterocycles. The SMILES string of the molecule is CCCCCCCC/C=C/CCCCCCCC(=O)O.[Mg]. The molecule has 2 radical (unpaired) electrons. The van der Waals surface area contributed by atoms with Gasteiger partial charge in [0.15, 0.2) is 0 Å². The summed E-state index contributed by atoms with van der Waals surface area (Å²) < 4.78 is 0. The summed E-state index contributed by atoms with van der Waals surface area (Å²) >= 11 is 0. The lowest BCUT2D eigenvalue weighted by Gasteiger charge is -1.99. The Hall–Kier alpha value is -0.0238. The molecule has 1 N–H and O–H groups in total. The molecule has 2 nitrogen and oxygen atoms in total. The Kier molecular flexibility index (Phi) is 22.1. The van der Waals surface area contributed by atoms with Crippen LogP contribution in [0.4, 0.5) is 0 Å². The first kappa shape index (κ1) is 23.2. The van der Waals surface area contributed by atoms with Crippen molar-refractivity contribution in [1.29, 1.82) is 0 Å². The zero-order chi connectivity index (χ0) is 14.9. The summed E-state index contributed by atoms with van der Waals surface area (Å²) in [6.07, 6.45) is 21.2. The Morgan fingerprint density at radius 3 is 1.67 bits per heavy atom. The average Bonchev–Trinajstić information content (AvgIpc) is 2.43. The van der Waals surface area contributed by atoms with Gasteiger partial charge in [-0.15, -0.1) is 0 Å². The molecule has 0 aliphatic rings. The van der Waals surface area contributed by atoms with Crippen molar-refractivity contribution in [3.05, 3.63) is 12.2 Å². The van der Waals surface area contributed by atoms with Crippen LogP contribution in [0.2, 0.25) is 0 Å². The molecule has 0 bridgehead atoms. The molecular weight excluding hydrogens is 273 g/mol. The number of allylic oxidation sites excluding steroid dienone is 2. The van der Waals surface area contributed by atoms with Crippen molar-refractivity contribution in [3.8, 4) is 0 Å². The van der Waals surface area contributed by atoms with Crippen molar-refractivity contribution in [2.75, 3.05) is 0 Å². The molecular formula is C18H34MgO2. The number of rotatable bonds is 15. The van der Waals surface area contributed by atoms with E-state index in [4.69, 9.17) is 5.11 Å². The highest BCUT2D eigenvalue weighted by Crippen LogP contribution is 2.09. The molecule has 0 saturated heterocycles. The minimum atomic E-state index is -0.664. The van der Waals surface area contributed by atoms with Gasteiger partial charge in [-0.1, -0.05) is 70.4 Å². The first-order valence-electron chi connectivity index (χ1n) is 8.64. The third kappa shape index (κ3) is 22.4. The highest BCUT2D eigenvalue weighted by molar-refractivity contribution is 5.75. The van der Waals surface area contributed by atoms with Crippen LogP contribution in [0.1, 0.15) is 96.8 Å². The molecule has 0 saturated carbocycles. The Labute approximate surface area is 147 Å². The molecule has 3 heteroatoms. The van der Waals surface area contributed by atoms with E-state index in [1.54, 1.807) is 0 Å². The van der Waals surface area contributed by atoms with Gasteiger partial charge in [0.05, 0.1) is 0 Å². The standard InChI is InChI=1S/C18H34O2.Mg/c1-2-3-4-5-6-7-8-9-10-11-12-13-14-15-16-17-18(19)20;/h9-10H,2-8,11-17H2,1H3,(H,19,20);/b10-9+;. The van der Waals surface area contributed by atoms with Crippen LogP contribution in [0.5, 0.6) is 0 Å². The minimum Gasteiger partial charge on any atom is -0.481 e. The van der Waals surface area contributed by atoms with E-state index in [-0.39, 0.29) is 23.1 Å². The largest absolute Gasteiger partial charge is 0.481 e. The number of carbonyl (C=O) groups is 1. The van der Waals surface area contributed by atoms with Crippen LogP contribution in [0.25, 0.3) is 0 Å². The smallest absolute Gasteiger partial charge is 0.303 e. The molecule has 120 valence electrons. The highest BCUT2D eigenvalue weighted by Gasteiger charge is 1.95. The zero-order valence-electron chi connectivity index (χ0n) is 14.1. The van der Waals surface area contributed by atoms with Crippen molar-refractivity contribution in [2.24, 2.45) is 0 Å². The molecule has 0 unspecified atom stereocenters. The summed E-state index contributed by atoms with van der Waals surface area (Å²) in [7, 11) is 0. The fraction of sp³-hybridized carbons (Fsp3) is 0.833. The first-order chi connectivity index (χ1) is 9.77. The van der Waals surface area contributed by atoms with Crippen LogP contribution < -0.4 is 0 Å². The van der Waals surface area contributed by atoms with Gasteiger partial charge in [0, 0.05) is 29.5 Å². The summed E-state index contributed by atoms with van der Waals surface area (Å²) in [5, 5.41) is 8.51.